The lowest BCUT2D eigenvalue weighted by Crippen LogP contribution is -2.20. The van der Waals surface area contributed by atoms with Gasteiger partial charge in [-0.1, -0.05) is 19.1 Å². The normalized spacial score (nSPS) is 15.8. The lowest BCUT2D eigenvalue weighted by atomic mass is 9.96. The van der Waals surface area contributed by atoms with Crippen LogP contribution in [0.25, 0.3) is 16.5 Å². The molecule has 1 N–H and O–H groups in total. The van der Waals surface area contributed by atoms with Crippen molar-refractivity contribution in [2.45, 2.75) is 26.7 Å². The largest absolute Gasteiger partial charge is 0.347 e. The first-order valence-corrected chi connectivity index (χ1v) is 7.20. The van der Waals surface area contributed by atoms with Crippen LogP contribution in [0.3, 0.4) is 0 Å². The average Bonchev–Trinajstić information content (AvgIpc) is 2.71. The summed E-state index contributed by atoms with van der Waals surface area (Å²) in [4.78, 5) is 0. The maximum atomic E-state index is 3.40. The molecule has 0 radical (unpaired) electrons. The standard InChI is InChI=1S/C17H22N2/c1-4-13-5-6-16-15(11-13)17(12(2)19(16)3)14-7-9-18-10-8-14/h5-7,11,18H,4,8-10H2,1-3H3. The van der Waals surface area contributed by atoms with E-state index in [0.29, 0.717) is 0 Å². The molecule has 2 heterocycles. The van der Waals surface area contributed by atoms with Crippen LogP contribution in [0.4, 0.5) is 0 Å². The highest BCUT2D eigenvalue weighted by Crippen LogP contribution is 2.33. The van der Waals surface area contributed by atoms with Crippen LogP contribution in [0.15, 0.2) is 24.3 Å². The van der Waals surface area contributed by atoms with E-state index in [-0.39, 0.29) is 0 Å². The second kappa shape index (κ2) is 4.86. The predicted octanol–water partition coefficient (Wildman–Crippen LogP) is 3.43. The molecule has 19 heavy (non-hydrogen) atoms. The van der Waals surface area contributed by atoms with E-state index < -0.39 is 0 Å². The van der Waals surface area contributed by atoms with Crippen molar-refractivity contribution in [2.24, 2.45) is 7.05 Å². The summed E-state index contributed by atoms with van der Waals surface area (Å²) in [5.74, 6) is 0. The van der Waals surface area contributed by atoms with Gasteiger partial charge in [0.2, 0.25) is 0 Å². The molecule has 1 aliphatic heterocycles. The predicted molar refractivity (Wildman–Crippen MR) is 82.5 cm³/mol. The number of benzene rings is 1. The molecule has 100 valence electrons. The van der Waals surface area contributed by atoms with Crippen LogP contribution in [-0.2, 0) is 13.5 Å². The Bertz CT molecular complexity index is 647. The number of fused-ring (bicyclic) bond motifs is 1. The van der Waals surface area contributed by atoms with Gasteiger partial charge in [-0.05, 0) is 49.6 Å². The van der Waals surface area contributed by atoms with Crippen LogP contribution in [0.2, 0.25) is 0 Å². The molecule has 0 aliphatic carbocycles. The van der Waals surface area contributed by atoms with Crippen LogP contribution < -0.4 is 5.32 Å². The van der Waals surface area contributed by atoms with Gasteiger partial charge in [0, 0.05) is 35.8 Å². The van der Waals surface area contributed by atoms with Crippen molar-refractivity contribution in [2.75, 3.05) is 13.1 Å². The second-order valence-electron chi connectivity index (χ2n) is 5.41. The van der Waals surface area contributed by atoms with E-state index in [4.69, 9.17) is 0 Å². The molecule has 0 atom stereocenters. The SMILES string of the molecule is CCc1ccc2c(c1)c(C1=CCNCC1)c(C)n2C. The molecule has 0 saturated carbocycles. The van der Waals surface area contributed by atoms with Gasteiger partial charge in [-0.25, -0.2) is 0 Å². The van der Waals surface area contributed by atoms with Crippen LogP contribution in [0.1, 0.15) is 30.2 Å². The Morgan fingerprint density at radius 2 is 2.16 bits per heavy atom. The average molecular weight is 254 g/mol. The lowest BCUT2D eigenvalue weighted by Gasteiger charge is -2.15. The molecule has 2 nitrogen and oxygen atoms in total. The first kappa shape index (κ1) is 12.5. The fourth-order valence-electron chi connectivity index (χ4n) is 3.09. The van der Waals surface area contributed by atoms with Crippen LogP contribution >= 0.6 is 0 Å². The molecular weight excluding hydrogens is 232 g/mol. The summed E-state index contributed by atoms with van der Waals surface area (Å²) in [6.45, 7) is 6.55. The van der Waals surface area contributed by atoms with E-state index in [0.717, 1.165) is 25.9 Å². The number of nitrogens with zero attached hydrogens (tertiary/aromatic N) is 1. The summed E-state index contributed by atoms with van der Waals surface area (Å²) >= 11 is 0. The Labute approximate surface area is 115 Å². The third-order valence-corrected chi connectivity index (χ3v) is 4.35. The first-order valence-electron chi connectivity index (χ1n) is 7.20. The van der Waals surface area contributed by atoms with E-state index in [9.17, 15) is 0 Å². The van der Waals surface area contributed by atoms with E-state index in [2.05, 4.69) is 55.1 Å². The minimum absolute atomic E-state index is 0.999. The topological polar surface area (TPSA) is 17.0 Å². The van der Waals surface area contributed by atoms with Gasteiger partial charge in [0.25, 0.3) is 0 Å². The van der Waals surface area contributed by atoms with Gasteiger partial charge < -0.3 is 9.88 Å². The van der Waals surface area contributed by atoms with E-state index in [1.165, 1.54) is 33.3 Å². The van der Waals surface area contributed by atoms with Gasteiger partial charge in [0.15, 0.2) is 0 Å². The molecule has 2 heteroatoms. The molecule has 1 aliphatic rings. The van der Waals surface area contributed by atoms with Crippen LogP contribution in [-0.4, -0.2) is 17.7 Å². The maximum Gasteiger partial charge on any atom is 0.0486 e. The van der Waals surface area contributed by atoms with Crippen molar-refractivity contribution in [3.05, 3.63) is 41.1 Å². The number of nitrogens with one attached hydrogen (secondary N) is 1. The highest BCUT2D eigenvalue weighted by Gasteiger charge is 2.16. The van der Waals surface area contributed by atoms with Gasteiger partial charge in [-0.2, -0.15) is 0 Å². The summed E-state index contributed by atoms with van der Waals surface area (Å²) in [5.41, 5.74) is 7.14. The van der Waals surface area contributed by atoms with Crippen molar-refractivity contribution in [1.82, 2.24) is 9.88 Å². The minimum Gasteiger partial charge on any atom is -0.347 e. The quantitative estimate of drug-likeness (QED) is 0.869. The number of aromatic nitrogens is 1. The summed E-state index contributed by atoms with van der Waals surface area (Å²) in [7, 11) is 2.18. The Balaban J connectivity index is 2.27. The third-order valence-electron chi connectivity index (χ3n) is 4.35. The molecule has 0 fully saturated rings. The monoisotopic (exact) mass is 254 g/mol. The number of hydrogen-bond donors (Lipinski definition) is 1. The first-order chi connectivity index (χ1) is 9.22. The minimum atomic E-state index is 0.999. The number of rotatable bonds is 2. The van der Waals surface area contributed by atoms with Gasteiger partial charge in [-0.3, -0.25) is 0 Å². The molecular formula is C17H22N2. The molecule has 2 aromatic rings. The Morgan fingerprint density at radius 1 is 1.32 bits per heavy atom. The van der Waals surface area contributed by atoms with Crippen molar-refractivity contribution >= 4 is 16.5 Å². The van der Waals surface area contributed by atoms with Crippen molar-refractivity contribution < 1.29 is 0 Å². The lowest BCUT2D eigenvalue weighted by molar-refractivity contribution is 0.738. The molecule has 1 aromatic heterocycles. The maximum absolute atomic E-state index is 3.40. The molecule has 0 spiro atoms. The highest BCUT2D eigenvalue weighted by molar-refractivity contribution is 5.95. The summed E-state index contributed by atoms with van der Waals surface area (Å²) in [5, 5.41) is 4.82. The van der Waals surface area contributed by atoms with Crippen molar-refractivity contribution in [3.8, 4) is 0 Å². The molecule has 3 rings (SSSR count). The number of aryl methyl sites for hydroxylation is 2. The molecule has 1 aromatic carbocycles. The Morgan fingerprint density at radius 3 is 2.84 bits per heavy atom. The Kier molecular flexibility index (Phi) is 3.19. The summed E-state index contributed by atoms with van der Waals surface area (Å²) in [6, 6.07) is 6.90. The zero-order valence-electron chi connectivity index (χ0n) is 12.1. The third kappa shape index (κ3) is 2.00. The van der Waals surface area contributed by atoms with Gasteiger partial charge in [0.1, 0.15) is 0 Å². The van der Waals surface area contributed by atoms with E-state index in [1.807, 2.05) is 0 Å². The van der Waals surface area contributed by atoms with Crippen LogP contribution in [0, 0.1) is 6.92 Å². The number of hydrogen-bond acceptors (Lipinski definition) is 1. The fraction of sp³-hybridized carbons (Fsp3) is 0.412. The van der Waals surface area contributed by atoms with E-state index in [1.54, 1.807) is 0 Å². The summed E-state index contributed by atoms with van der Waals surface area (Å²) < 4.78 is 2.33. The Hall–Kier alpha value is -1.54. The fourth-order valence-corrected chi connectivity index (χ4v) is 3.09. The second-order valence-corrected chi connectivity index (χ2v) is 5.41. The molecule has 0 saturated heterocycles. The zero-order chi connectivity index (χ0) is 13.4. The van der Waals surface area contributed by atoms with Crippen LogP contribution in [0.5, 0.6) is 0 Å². The van der Waals surface area contributed by atoms with Crippen molar-refractivity contribution in [3.63, 3.8) is 0 Å². The zero-order valence-corrected chi connectivity index (χ0v) is 12.1. The van der Waals surface area contributed by atoms with E-state index >= 15 is 0 Å². The highest BCUT2D eigenvalue weighted by atomic mass is 14.9. The molecule has 0 amide bonds. The van der Waals surface area contributed by atoms with Crippen molar-refractivity contribution in [1.29, 1.82) is 0 Å². The van der Waals surface area contributed by atoms with Gasteiger partial charge in [-0.15, -0.1) is 0 Å². The summed E-state index contributed by atoms with van der Waals surface area (Å²) in [6.07, 6.45) is 4.59. The smallest absolute Gasteiger partial charge is 0.0486 e. The van der Waals surface area contributed by atoms with Gasteiger partial charge in [0.05, 0.1) is 0 Å². The molecule has 0 bridgehead atoms. The van der Waals surface area contributed by atoms with Gasteiger partial charge >= 0.3 is 0 Å². The molecule has 0 unspecified atom stereocenters.